The van der Waals surface area contributed by atoms with Crippen LogP contribution in [-0.4, -0.2) is 12.9 Å². The first-order valence-corrected chi connectivity index (χ1v) is 5.77. The highest BCUT2D eigenvalue weighted by Crippen LogP contribution is 2.32. The Labute approximate surface area is 91.0 Å². The summed E-state index contributed by atoms with van der Waals surface area (Å²) < 4.78 is 5.19. The van der Waals surface area contributed by atoms with E-state index in [0.29, 0.717) is 5.78 Å². The maximum absolute atomic E-state index is 11.8. The van der Waals surface area contributed by atoms with Crippen molar-refractivity contribution in [1.82, 2.24) is 0 Å². The topological polar surface area (TPSA) is 26.3 Å². The summed E-state index contributed by atoms with van der Waals surface area (Å²) in [6.07, 6.45) is 10.2. The zero-order valence-corrected chi connectivity index (χ0v) is 9.29. The lowest BCUT2D eigenvalue weighted by Crippen LogP contribution is -2.21. The van der Waals surface area contributed by atoms with E-state index in [2.05, 4.69) is 6.08 Å². The standard InChI is InChI=1S/C13H18O2/c1-15-11-8-6-10(7-9-11)12-4-2-3-5-13(12)14/h6,8,12H,2-5,7,9H2,1H3. The number of carbonyl (C=O) groups excluding carboxylic acids is 1. The van der Waals surface area contributed by atoms with E-state index in [4.69, 9.17) is 4.74 Å². The molecule has 0 aliphatic heterocycles. The lowest BCUT2D eigenvalue weighted by atomic mass is 9.80. The van der Waals surface area contributed by atoms with Gasteiger partial charge in [-0.25, -0.2) is 0 Å². The van der Waals surface area contributed by atoms with E-state index in [9.17, 15) is 4.79 Å². The molecule has 2 heteroatoms. The Morgan fingerprint density at radius 3 is 2.67 bits per heavy atom. The van der Waals surface area contributed by atoms with Gasteiger partial charge in [0.15, 0.2) is 0 Å². The number of rotatable bonds is 2. The van der Waals surface area contributed by atoms with Crippen molar-refractivity contribution in [1.29, 1.82) is 0 Å². The van der Waals surface area contributed by atoms with Crippen molar-refractivity contribution in [2.45, 2.75) is 38.5 Å². The molecule has 15 heavy (non-hydrogen) atoms. The van der Waals surface area contributed by atoms with Crippen LogP contribution in [0.1, 0.15) is 38.5 Å². The molecule has 1 saturated carbocycles. The highest BCUT2D eigenvalue weighted by Gasteiger charge is 2.26. The van der Waals surface area contributed by atoms with Gasteiger partial charge in [-0.05, 0) is 25.3 Å². The average molecular weight is 206 g/mol. The van der Waals surface area contributed by atoms with E-state index in [-0.39, 0.29) is 5.92 Å². The van der Waals surface area contributed by atoms with Crippen LogP contribution >= 0.6 is 0 Å². The minimum atomic E-state index is 0.216. The number of Topliss-reactive ketones (excluding diaryl/α,β-unsaturated/α-hetero) is 1. The van der Waals surface area contributed by atoms with Gasteiger partial charge in [-0.2, -0.15) is 0 Å². The van der Waals surface area contributed by atoms with Crippen LogP contribution in [-0.2, 0) is 9.53 Å². The van der Waals surface area contributed by atoms with Crippen molar-refractivity contribution in [2.75, 3.05) is 7.11 Å². The fourth-order valence-electron chi connectivity index (χ4n) is 2.47. The molecular weight excluding hydrogens is 188 g/mol. The van der Waals surface area contributed by atoms with E-state index in [0.717, 1.165) is 37.9 Å². The fraction of sp³-hybridized carbons (Fsp3) is 0.615. The minimum Gasteiger partial charge on any atom is -0.501 e. The second-order valence-electron chi connectivity index (χ2n) is 4.34. The van der Waals surface area contributed by atoms with Crippen LogP contribution in [0.15, 0.2) is 23.5 Å². The molecule has 1 unspecified atom stereocenters. The van der Waals surface area contributed by atoms with Crippen molar-refractivity contribution in [2.24, 2.45) is 5.92 Å². The molecule has 1 atom stereocenters. The molecule has 1 fully saturated rings. The number of methoxy groups -OCH3 is 1. The summed E-state index contributed by atoms with van der Waals surface area (Å²) in [5.41, 5.74) is 1.32. The lowest BCUT2D eigenvalue weighted by Gasteiger charge is -2.25. The molecule has 0 saturated heterocycles. The van der Waals surface area contributed by atoms with Gasteiger partial charge in [-0.3, -0.25) is 4.79 Å². The first kappa shape index (κ1) is 10.5. The van der Waals surface area contributed by atoms with E-state index in [1.807, 2.05) is 6.08 Å². The maximum atomic E-state index is 11.8. The number of ketones is 1. The van der Waals surface area contributed by atoms with Gasteiger partial charge in [-0.15, -0.1) is 0 Å². The zero-order valence-electron chi connectivity index (χ0n) is 9.29. The van der Waals surface area contributed by atoms with Gasteiger partial charge in [0.1, 0.15) is 5.78 Å². The highest BCUT2D eigenvalue weighted by molar-refractivity contribution is 5.84. The summed E-state index contributed by atoms with van der Waals surface area (Å²) in [5, 5.41) is 0. The fourth-order valence-corrected chi connectivity index (χ4v) is 2.47. The van der Waals surface area contributed by atoms with Crippen molar-refractivity contribution in [3.05, 3.63) is 23.5 Å². The van der Waals surface area contributed by atoms with Crippen molar-refractivity contribution >= 4 is 5.78 Å². The summed E-state index contributed by atoms with van der Waals surface area (Å²) in [4.78, 5) is 11.8. The molecule has 2 aliphatic carbocycles. The third-order valence-electron chi connectivity index (χ3n) is 3.41. The predicted octanol–water partition coefficient (Wildman–Crippen LogP) is 3.00. The summed E-state index contributed by atoms with van der Waals surface area (Å²) in [6.45, 7) is 0. The van der Waals surface area contributed by atoms with Gasteiger partial charge in [0.25, 0.3) is 0 Å². The molecule has 82 valence electrons. The van der Waals surface area contributed by atoms with Crippen molar-refractivity contribution < 1.29 is 9.53 Å². The molecule has 0 bridgehead atoms. The monoisotopic (exact) mass is 206 g/mol. The molecular formula is C13H18O2. The molecule has 0 aromatic rings. The maximum Gasteiger partial charge on any atom is 0.140 e. The normalized spacial score (nSPS) is 27.0. The van der Waals surface area contributed by atoms with Gasteiger partial charge in [0, 0.05) is 18.8 Å². The Hall–Kier alpha value is -1.05. The van der Waals surface area contributed by atoms with Crippen molar-refractivity contribution in [3.63, 3.8) is 0 Å². The van der Waals surface area contributed by atoms with Gasteiger partial charge in [0.2, 0.25) is 0 Å². The number of hydrogen-bond acceptors (Lipinski definition) is 2. The van der Waals surface area contributed by atoms with Crippen LogP contribution in [0.4, 0.5) is 0 Å². The van der Waals surface area contributed by atoms with E-state index in [1.54, 1.807) is 7.11 Å². The van der Waals surface area contributed by atoms with Crippen molar-refractivity contribution in [3.8, 4) is 0 Å². The molecule has 0 heterocycles. The molecule has 2 aliphatic rings. The van der Waals surface area contributed by atoms with Gasteiger partial charge < -0.3 is 4.74 Å². The summed E-state index contributed by atoms with van der Waals surface area (Å²) in [5.74, 6) is 1.69. The Kier molecular flexibility index (Phi) is 3.24. The largest absolute Gasteiger partial charge is 0.501 e. The summed E-state index contributed by atoms with van der Waals surface area (Å²) >= 11 is 0. The van der Waals surface area contributed by atoms with Crippen LogP contribution in [0.25, 0.3) is 0 Å². The molecule has 0 spiro atoms. The quantitative estimate of drug-likeness (QED) is 0.694. The van der Waals surface area contributed by atoms with Gasteiger partial charge in [0.05, 0.1) is 12.9 Å². The Bertz CT molecular complexity index is 312. The van der Waals surface area contributed by atoms with Crippen LogP contribution in [0.2, 0.25) is 0 Å². The third kappa shape index (κ3) is 2.31. The molecule has 0 N–H and O–H groups in total. The lowest BCUT2D eigenvalue weighted by molar-refractivity contribution is -0.123. The van der Waals surface area contributed by atoms with Gasteiger partial charge >= 0.3 is 0 Å². The second kappa shape index (κ2) is 4.65. The van der Waals surface area contributed by atoms with E-state index in [1.165, 1.54) is 12.0 Å². The average Bonchev–Trinajstić information content (AvgIpc) is 2.30. The third-order valence-corrected chi connectivity index (χ3v) is 3.41. The zero-order chi connectivity index (χ0) is 10.7. The number of ether oxygens (including phenoxy) is 1. The van der Waals surface area contributed by atoms with Crippen LogP contribution in [0.5, 0.6) is 0 Å². The predicted molar refractivity (Wildman–Crippen MR) is 59.4 cm³/mol. The number of carbonyl (C=O) groups is 1. The molecule has 0 aromatic carbocycles. The first-order valence-electron chi connectivity index (χ1n) is 5.77. The second-order valence-corrected chi connectivity index (χ2v) is 4.34. The SMILES string of the molecule is COC1=CC=C(C2CCCCC2=O)CC1. The molecule has 0 radical (unpaired) electrons. The summed E-state index contributed by atoms with van der Waals surface area (Å²) in [6, 6.07) is 0. The Balaban J connectivity index is 2.07. The smallest absolute Gasteiger partial charge is 0.140 e. The number of allylic oxidation sites excluding steroid dienone is 4. The molecule has 2 rings (SSSR count). The van der Waals surface area contributed by atoms with Crippen LogP contribution in [0.3, 0.4) is 0 Å². The number of hydrogen-bond donors (Lipinski definition) is 0. The van der Waals surface area contributed by atoms with Gasteiger partial charge in [-0.1, -0.05) is 18.1 Å². The Morgan fingerprint density at radius 2 is 2.07 bits per heavy atom. The first-order chi connectivity index (χ1) is 7.31. The van der Waals surface area contributed by atoms with E-state index < -0.39 is 0 Å². The van der Waals surface area contributed by atoms with E-state index >= 15 is 0 Å². The van der Waals surface area contributed by atoms with Crippen LogP contribution in [0, 0.1) is 5.92 Å². The molecule has 2 nitrogen and oxygen atoms in total. The molecule has 0 amide bonds. The minimum absolute atomic E-state index is 0.216. The van der Waals surface area contributed by atoms with Crippen LogP contribution < -0.4 is 0 Å². The Morgan fingerprint density at radius 1 is 1.20 bits per heavy atom. The molecule has 0 aromatic heterocycles. The highest BCUT2D eigenvalue weighted by atomic mass is 16.5. The summed E-state index contributed by atoms with van der Waals surface area (Å²) in [7, 11) is 1.70.